The molecule has 0 fully saturated rings. The van der Waals surface area contributed by atoms with Crippen molar-refractivity contribution >= 4 is 57.5 Å². The summed E-state index contributed by atoms with van der Waals surface area (Å²) in [6.45, 7) is 1.87. The van der Waals surface area contributed by atoms with Gasteiger partial charge in [-0.05, 0) is 71.5 Å². The summed E-state index contributed by atoms with van der Waals surface area (Å²) in [5.41, 5.74) is 0.857. The first kappa shape index (κ1) is 20.0. The number of nitrogens with one attached hydrogen (secondary N) is 2. The lowest BCUT2D eigenvalue weighted by Gasteiger charge is -2.24. The van der Waals surface area contributed by atoms with Crippen LogP contribution in [-0.4, -0.2) is 17.1 Å². The number of carbonyl (C=O) groups is 2. The Labute approximate surface area is 171 Å². The lowest BCUT2D eigenvalue weighted by molar-refractivity contribution is -0.137. The van der Waals surface area contributed by atoms with Gasteiger partial charge in [0.05, 0.1) is 16.5 Å². The van der Waals surface area contributed by atoms with Crippen LogP contribution >= 0.6 is 34.4 Å². The Bertz CT molecular complexity index is 918. The maximum atomic E-state index is 12.8. The van der Waals surface area contributed by atoms with Gasteiger partial charge in [0.1, 0.15) is 0 Å². The number of carbonyl (C=O) groups excluding carboxylic acids is 2. The van der Waals surface area contributed by atoms with Crippen molar-refractivity contribution in [2.45, 2.75) is 29.7 Å². The number of anilines is 2. The van der Waals surface area contributed by atoms with E-state index in [1.165, 1.54) is 6.07 Å². The van der Waals surface area contributed by atoms with E-state index < -0.39 is 22.9 Å². The first-order valence-corrected chi connectivity index (χ1v) is 9.84. The molecule has 0 radical (unpaired) electrons. The largest absolute Gasteiger partial charge is 0.416 e. The topological polar surface area (TPSA) is 58.2 Å². The number of fused-ring (bicyclic) bond motifs is 1. The fraction of sp³-hybridized carbons (Fsp3) is 0.222. The molecule has 1 heterocycles. The molecule has 1 aliphatic rings. The van der Waals surface area contributed by atoms with E-state index >= 15 is 0 Å². The Hall–Kier alpha value is -1.75. The third kappa shape index (κ3) is 4.75. The molecule has 1 aliphatic heterocycles. The number of hydrogen-bond donors (Lipinski definition) is 2. The number of aryl methyl sites for hydroxylation is 1. The molecule has 0 saturated heterocycles. The first-order chi connectivity index (χ1) is 12.6. The number of hydrogen-bond acceptors (Lipinski definition) is 3. The van der Waals surface area contributed by atoms with Crippen LogP contribution in [-0.2, 0) is 15.8 Å². The molecule has 9 heteroatoms. The van der Waals surface area contributed by atoms with Crippen molar-refractivity contribution in [1.29, 1.82) is 0 Å². The van der Waals surface area contributed by atoms with Crippen LogP contribution in [0.3, 0.4) is 0 Å². The molecule has 2 N–H and O–H groups in total. The van der Waals surface area contributed by atoms with Gasteiger partial charge in [-0.3, -0.25) is 9.59 Å². The number of amides is 2. The molecule has 2 amide bonds. The quantitative estimate of drug-likeness (QED) is 0.573. The van der Waals surface area contributed by atoms with E-state index in [9.17, 15) is 22.8 Å². The van der Waals surface area contributed by atoms with Crippen molar-refractivity contribution in [2.24, 2.45) is 0 Å². The van der Waals surface area contributed by atoms with Crippen molar-refractivity contribution in [2.75, 3.05) is 10.6 Å². The van der Waals surface area contributed by atoms with E-state index in [1.54, 1.807) is 6.07 Å². The van der Waals surface area contributed by atoms with E-state index in [4.69, 9.17) is 0 Å². The molecule has 3 rings (SSSR count). The van der Waals surface area contributed by atoms with Gasteiger partial charge in [-0.25, -0.2) is 0 Å². The summed E-state index contributed by atoms with van der Waals surface area (Å²) in [5.74, 6) is -0.816. The van der Waals surface area contributed by atoms with Crippen LogP contribution in [0.5, 0.6) is 0 Å². The Kier molecular flexibility index (Phi) is 5.71. The zero-order valence-corrected chi connectivity index (χ0v) is 17.0. The Balaban J connectivity index is 1.70. The summed E-state index contributed by atoms with van der Waals surface area (Å²) in [6, 6.07) is 8.76. The second-order valence-electron chi connectivity index (χ2n) is 6.02. The Morgan fingerprint density at radius 3 is 2.67 bits per heavy atom. The average molecular weight is 506 g/mol. The van der Waals surface area contributed by atoms with Crippen molar-refractivity contribution in [3.05, 3.63) is 51.1 Å². The predicted molar refractivity (Wildman–Crippen MR) is 107 cm³/mol. The van der Waals surface area contributed by atoms with Gasteiger partial charge in [-0.1, -0.05) is 0 Å². The highest BCUT2D eigenvalue weighted by molar-refractivity contribution is 14.1. The van der Waals surface area contributed by atoms with Gasteiger partial charge in [0.25, 0.3) is 0 Å². The molecule has 0 aliphatic carbocycles. The lowest BCUT2D eigenvalue weighted by Crippen LogP contribution is -2.32. The summed E-state index contributed by atoms with van der Waals surface area (Å²) in [7, 11) is 0. The molecular formula is C18H14F3IN2O2S. The normalized spacial score (nSPS) is 16.5. The van der Waals surface area contributed by atoms with Crippen molar-refractivity contribution in [3.63, 3.8) is 0 Å². The number of rotatable bonds is 3. The molecule has 4 nitrogen and oxygen atoms in total. The van der Waals surface area contributed by atoms with Crippen LogP contribution in [0.1, 0.15) is 17.5 Å². The maximum Gasteiger partial charge on any atom is 0.416 e. The predicted octanol–water partition coefficient (Wildman–Crippen LogP) is 5.06. The molecule has 1 unspecified atom stereocenters. The summed E-state index contributed by atoms with van der Waals surface area (Å²) in [5, 5.41) is 4.53. The smallest absolute Gasteiger partial charge is 0.326 e. The third-order valence-electron chi connectivity index (χ3n) is 3.96. The van der Waals surface area contributed by atoms with Crippen molar-refractivity contribution < 1.29 is 22.8 Å². The average Bonchev–Trinajstić information content (AvgIpc) is 2.57. The van der Waals surface area contributed by atoms with E-state index in [0.29, 0.717) is 10.6 Å². The number of halogens is 4. The van der Waals surface area contributed by atoms with Crippen LogP contribution in [0, 0.1) is 10.5 Å². The van der Waals surface area contributed by atoms with Gasteiger partial charge in [0.2, 0.25) is 11.8 Å². The van der Waals surface area contributed by atoms with Crippen molar-refractivity contribution in [1.82, 2.24) is 0 Å². The summed E-state index contributed by atoms with van der Waals surface area (Å²) < 4.78 is 39.4. The molecule has 142 valence electrons. The molecular weight excluding hydrogens is 492 g/mol. The van der Waals surface area contributed by atoms with Gasteiger partial charge in [-0.15, -0.1) is 11.8 Å². The van der Waals surface area contributed by atoms with Gasteiger partial charge in [0.15, 0.2) is 0 Å². The van der Waals surface area contributed by atoms with Crippen LogP contribution in [0.4, 0.5) is 24.5 Å². The summed E-state index contributed by atoms with van der Waals surface area (Å²) in [4.78, 5) is 25.0. The van der Waals surface area contributed by atoms with Crippen molar-refractivity contribution in [3.8, 4) is 0 Å². The Morgan fingerprint density at radius 2 is 2.00 bits per heavy atom. The molecule has 0 spiro atoms. The van der Waals surface area contributed by atoms with E-state index in [2.05, 4.69) is 33.2 Å². The molecule has 27 heavy (non-hydrogen) atoms. The van der Waals surface area contributed by atoms with Crippen LogP contribution in [0.25, 0.3) is 0 Å². The molecule has 0 bridgehead atoms. The fourth-order valence-corrected chi connectivity index (χ4v) is 4.34. The van der Waals surface area contributed by atoms with E-state index in [0.717, 1.165) is 33.0 Å². The SMILES string of the molecule is Cc1cc(I)ccc1NC(=O)CC1Sc2ccc(C(F)(F)F)cc2NC1=O. The highest BCUT2D eigenvalue weighted by atomic mass is 127. The maximum absolute atomic E-state index is 12.8. The number of thioether (sulfide) groups is 1. The third-order valence-corrected chi connectivity index (χ3v) is 5.91. The summed E-state index contributed by atoms with van der Waals surface area (Å²) in [6.07, 6.45) is -4.56. The molecule has 1 atom stereocenters. The highest BCUT2D eigenvalue weighted by Crippen LogP contribution is 2.40. The highest BCUT2D eigenvalue weighted by Gasteiger charge is 2.34. The minimum absolute atomic E-state index is 0.0810. The second kappa shape index (κ2) is 7.70. The number of benzene rings is 2. The minimum Gasteiger partial charge on any atom is -0.326 e. The minimum atomic E-state index is -4.48. The standard InChI is InChI=1S/C18H14F3IN2O2S/c1-9-6-11(22)3-4-12(9)23-16(25)8-15-17(26)24-13-7-10(18(19,20)21)2-5-14(13)27-15/h2-7,15H,8H2,1H3,(H,23,25)(H,24,26). The molecule has 2 aromatic rings. The fourth-order valence-electron chi connectivity index (χ4n) is 2.60. The first-order valence-electron chi connectivity index (χ1n) is 7.88. The molecule has 0 saturated carbocycles. The van der Waals surface area contributed by atoms with E-state index in [-0.39, 0.29) is 18.0 Å². The van der Waals surface area contributed by atoms with Crippen LogP contribution in [0.2, 0.25) is 0 Å². The number of alkyl halides is 3. The lowest BCUT2D eigenvalue weighted by atomic mass is 10.1. The monoisotopic (exact) mass is 506 g/mol. The van der Waals surface area contributed by atoms with E-state index in [1.807, 2.05) is 19.1 Å². The molecule has 0 aromatic heterocycles. The second-order valence-corrected chi connectivity index (χ2v) is 8.51. The van der Waals surface area contributed by atoms with Crippen LogP contribution < -0.4 is 10.6 Å². The zero-order chi connectivity index (χ0) is 19.8. The molecule has 2 aromatic carbocycles. The van der Waals surface area contributed by atoms with Gasteiger partial charge >= 0.3 is 6.18 Å². The van der Waals surface area contributed by atoms with Crippen LogP contribution in [0.15, 0.2) is 41.3 Å². The Morgan fingerprint density at radius 1 is 1.26 bits per heavy atom. The van der Waals surface area contributed by atoms with Gasteiger partial charge < -0.3 is 10.6 Å². The summed E-state index contributed by atoms with van der Waals surface area (Å²) >= 11 is 3.26. The van der Waals surface area contributed by atoms with Gasteiger partial charge in [-0.2, -0.15) is 13.2 Å². The van der Waals surface area contributed by atoms with Gasteiger partial charge in [0, 0.05) is 20.6 Å². The zero-order valence-electron chi connectivity index (χ0n) is 14.0.